The number of benzene rings is 1. The zero-order valence-corrected chi connectivity index (χ0v) is 18.7. The molecule has 0 atom stereocenters. The smallest absolute Gasteiger partial charge is 0.315 e. The van der Waals surface area contributed by atoms with Crippen molar-refractivity contribution in [2.24, 2.45) is 23.7 Å². The molecule has 0 spiro atoms. The minimum Gasteiger partial charge on any atom is -0.338 e. The van der Waals surface area contributed by atoms with Crippen molar-refractivity contribution in [3.63, 3.8) is 0 Å². The Bertz CT molecular complexity index is 891. The molecular weight excluding hydrogens is 417 g/mol. The summed E-state index contributed by atoms with van der Waals surface area (Å²) in [5.41, 5.74) is 0.00539. The van der Waals surface area contributed by atoms with Crippen LogP contribution in [0.4, 0.5) is 9.18 Å². The summed E-state index contributed by atoms with van der Waals surface area (Å²) in [4.78, 5) is 12.8. The Hall–Kier alpha value is -1.67. The zero-order chi connectivity index (χ0) is 21.6. The van der Waals surface area contributed by atoms with Crippen molar-refractivity contribution in [1.82, 2.24) is 14.9 Å². The second-order valence-corrected chi connectivity index (χ2v) is 12.3. The van der Waals surface area contributed by atoms with E-state index in [0.717, 1.165) is 37.0 Å². The molecule has 6 rings (SSSR count). The van der Waals surface area contributed by atoms with E-state index in [1.165, 1.54) is 47.8 Å². The van der Waals surface area contributed by atoms with Gasteiger partial charge in [0, 0.05) is 25.2 Å². The van der Waals surface area contributed by atoms with E-state index < -0.39 is 15.8 Å². The van der Waals surface area contributed by atoms with Crippen LogP contribution in [0.1, 0.15) is 51.4 Å². The molecule has 2 amide bonds. The van der Waals surface area contributed by atoms with Gasteiger partial charge in [-0.3, -0.25) is 0 Å². The molecule has 4 aliphatic carbocycles. The van der Waals surface area contributed by atoms with Crippen LogP contribution in [0.5, 0.6) is 0 Å². The molecule has 0 radical (unpaired) electrons. The monoisotopic (exact) mass is 449 g/mol. The summed E-state index contributed by atoms with van der Waals surface area (Å²) in [5, 5.41) is 6.40. The van der Waals surface area contributed by atoms with Gasteiger partial charge in [0.05, 0.1) is 4.90 Å². The summed E-state index contributed by atoms with van der Waals surface area (Å²) in [6.45, 7) is 1.41. The molecule has 0 aromatic heterocycles. The number of nitrogens with one attached hydrogen (secondary N) is 2. The van der Waals surface area contributed by atoms with Crippen LogP contribution in [0, 0.1) is 29.5 Å². The minimum absolute atomic E-state index is 0.00539. The average molecular weight is 450 g/mol. The lowest BCUT2D eigenvalue weighted by Crippen LogP contribution is -2.61. The van der Waals surface area contributed by atoms with Gasteiger partial charge in [0.15, 0.2) is 0 Å². The number of hydrogen-bond donors (Lipinski definition) is 2. The Morgan fingerprint density at radius 1 is 1.00 bits per heavy atom. The molecule has 2 N–H and O–H groups in total. The zero-order valence-electron chi connectivity index (χ0n) is 17.9. The Labute approximate surface area is 184 Å². The predicted octanol–water partition coefficient (Wildman–Crippen LogP) is 3.49. The number of carbonyl (C=O) groups excluding carboxylic acids is 1. The normalized spacial score (nSPS) is 33.4. The van der Waals surface area contributed by atoms with Crippen molar-refractivity contribution in [2.45, 2.75) is 61.8 Å². The van der Waals surface area contributed by atoms with Crippen LogP contribution in [-0.2, 0) is 10.0 Å². The van der Waals surface area contributed by atoms with Gasteiger partial charge in [-0.15, -0.1) is 0 Å². The van der Waals surface area contributed by atoms with E-state index in [-0.39, 0.29) is 22.4 Å². The van der Waals surface area contributed by atoms with Crippen molar-refractivity contribution in [3.8, 4) is 0 Å². The maximum absolute atomic E-state index is 13.1. The van der Waals surface area contributed by atoms with Crippen molar-refractivity contribution in [2.75, 3.05) is 19.6 Å². The van der Waals surface area contributed by atoms with Crippen LogP contribution >= 0.6 is 0 Å². The fourth-order valence-electron chi connectivity index (χ4n) is 6.90. The summed E-state index contributed by atoms with van der Waals surface area (Å²) in [7, 11) is -3.60. The minimum atomic E-state index is -3.60. The summed E-state index contributed by atoms with van der Waals surface area (Å²) in [6, 6.07) is 4.90. The quantitative estimate of drug-likeness (QED) is 0.722. The molecule has 6 nitrogen and oxygen atoms in total. The lowest BCUT2D eigenvalue weighted by atomic mass is 9.53. The highest BCUT2D eigenvalue weighted by Gasteiger charge is 2.51. The number of amides is 2. The SMILES string of the molecule is O=C(NCC1CCN(S(=O)(=O)c2ccc(F)cc2)CC1)NC12CC3CC(CC(C3)C1)C2. The van der Waals surface area contributed by atoms with Crippen LogP contribution in [0.25, 0.3) is 0 Å². The maximum Gasteiger partial charge on any atom is 0.315 e. The second kappa shape index (κ2) is 8.03. The van der Waals surface area contributed by atoms with Crippen LogP contribution < -0.4 is 10.6 Å². The summed E-state index contributed by atoms with van der Waals surface area (Å²) >= 11 is 0. The molecule has 1 saturated heterocycles. The van der Waals surface area contributed by atoms with Gasteiger partial charge in [0.1, 0.15) is 5.82 Å². The third-order valence-corrected chi connectivity index (χ3v) is 9.91. The highest BCUT2D eigenvalue weighted by Crippen LogP contribution is 2.55. The first-order valence-electron chi connectivity index (χ1n) is 11.6. The molecule has 1 aliphatic heterocycles. The Morgan fingerprint density at radius 3 is 2.10 bits per heavy atom. The van der Waals surface area contributed by atoms with E-state index in [4.69, 9.17) is 0 Å². The number of carbonyl (C=O) groups is 1. The Balaban J connectivity index is 1.10. The Morgan fingerprint density at radius 2 is 1.55 bits per heavy atom. The van der Waals surface area contributed by atoms with E-state index in [0.29, 0.717) is 32.5 Å². The van der Waals surface area contributed by atoms with E-state index in [2.05, 4.69) is 10.6 Å². The number of halogens is 1. The molecule has 8 heteroatoms. The fraction of sp³-hybridized carbons (Fsp3) is 0.696. The van der Waals surface area contributed by atoms with Crippen molar-refractivity contribution in [3.05, 3.63) is 30.1 Å². The van der Waals surface area contributed by atoms with Gasteiger partial charge in [-0.1, -0.05) is 0 Å². The number of rotatable bonds is 5. The molecule has 0 unspecified atom stereocenters. The van der Waals surface area contributed by atoms with E-state index in [1.807, 2.05) is 0 Å². The molecule has 4 bridgehead atoms. The number of piperidine rings is 1. The van der Waals surface area contributed by atoms with Gasteiger partial charge in [-0.25, -0.2) is 17.6 Å². The van der Waals surface area contributed by atoms with Crippen LogP contribution in [-0.4, -0.2) is 43.9 Å². The third-order valence-electron chi connectivity index (χ3n) is 7.99. The Kier molecular flexibility index (Phi) is 5.49. The number of urea groups is 1. The van der Waals surface area contributed by atoms with E-state index in [1.54, 1.807) is 0 Å². The summed E-state index contributed by atoms with van der Waals surface area (Å²) in [6.07, 6.45) is 8.85. The van der Waals surface area contributed by atoms with Crippen LogP contribution in [0.15, 0.2) is 29.2 Å². The molecule has 5 fully saturated rings. The molecule has 1 aromatic carbocycles. The van der Waals surface area contributed by atoms with Gasteiger partial charge >= 0.3 is 6.03 Å². The first kappa shape index (κ1) is 21.2. The average Bonchev–Trinajstić information content (AvgIpc) is 2.71. The highest BCUT2D eigenvalue weighted by molar-refractivity contribution is 7.89. The lowest BCUT2D eigenvalue weighted by Gasteiger charge is -2.56. The largest absolute Gasteiger partial charge is 0.338 e. The van der Waals surface area contributed by atoms with Crippen LogP contribution in [0.3, 0.4) is 0 Å². The first-order valence-corrected chi connectivity index (χ1v) is 13.1. The molecule has 1 heterocycles. The van der Waals surface area contributed by atoms with Gasteiger partial charge in [0.25, 0.3) is 0 Å². The van der Waals surface area contributed by atoms with Crippen LogP contribution in [0.2, 0.25) is 0 Å². The molecule has 1 aromatic rings. The first-order chi connectivity index (χ1) is 14.8. The highest BCUT2D eigenvalue weighted by atomic mass is 32.2. The summed E-state index contributed by atoms with van der Waals surface area (Å²) in [5.74, 6) is 2.19. The fourth-order valence-corrected chi connectivity index (χ4v) is 8.36. The number of sulfonamides is 1. The number of nitrogens with zero attached hydrogens (tertiary/aromatic N) is 1. The predicted molar refractivity (Wildman–Crippen MR) is 115 cm³/mol. The van der Waals surface area contributed by atoms with Gasteiger partial charge in [-0.2, -0.15) is 4.31 Å². The number of hydrogen-bond acceptors (Lipinski definition) is 3. The maximum atomic E-state index is 13.1. The molecule has 170 valence electrons. The molecule has 31 heavy (non-hydrogen) atoms. The van der Waals surface area contributed by atoms with Crippen molar-refractivity contribution in [1.29, 1.82) is 0 Å². The lowest BCUT2D eigenvalue weighted by molar-refractivity contribution is -0.0135. The van der Waals surface area contributed by atoms with E-state index >= 15 is 0 Å². The van der Waals surface area contributed by atoms with Gasteiger partial charge in [0.2, 0.25) is 10.0 Å². The van der Waals surface area contributed by atoms with Gasteiger partial charge < -0.3 is 10.6 Å². The standard InChI is InChI=1S/C23H32FN3O3S/c24-20-1-3-21(4-2-20)31(29,30)27-7-5-16(6-8-27)15-25-22(28)26-23-12-17-9-18(13-23)11-19(10-17)14-23/h1-4,16-19H,5-15H2,(H2,25,26,28). The van der Waals surface area contributed by atoms with Gasteiger partial charge in [-0.05, 0) is 99.3 Å². The topological polar surface area (TPSA) is 78.5 Å². The van der Waals surface area contributed by atoms with Crippen molar-refractivity contribution >= 4 is 16.1 Å². The second-order valence-electron chi connectivity index (χ2n) is 10.3. The van der Waals surface area contributed by atoms with E-state index in [9.17, 15) is 17.6 Å². The molecular formula is C23H32FN3O3S. The molecule has 5 aliphatic rings. The third kappa shape index (κ3) is 4.33. The van der Waals surface area contributed by atoms with Crippen molar-refractivity contribution < 1.29 is 17.6 Å². The molecule has 4 saturated carbocycles. The summed E-state index contributed by atoms with van der Waals surface area (Å²) < 4.78 is 40.1.